The number of carboxylic acids is 1. The molecule has 8 nitrogen and oxygen atoms in total. The fourth-order valence-corrected chi connectivity index (χ4v) is 3.13. The van der Waals surface area contributed by atoms with E-state index >= 15 is 0 Å². The van der Waals surface area contributed by atoms with Crippen LogP contribution in [0.1, 0.15) is 10.4 Å². The second kappa shape index (κ2) is 9.33. The van der Waals surface area contributed by atoms with Gasteiger partial charge in [-0.2, -0.15) is 0 Å². The lowest BCUT2D eigenvalue weighted by Gasteiger charge is -1.99. The predicted octanol–water partition coefficient (Wildman–Crippen LogP) is 1.98. The molecule has 3 aromatic heterocycles. The third kappa shape index (κ3) is 4.62. The van der Waals surface area contributed by atoms with Crippen molar-refractivity contribution in [1.82, 2.24) is 19.9 Å². The molecule has 8 heteroatoms. The molecule has 3 heterocycles. The number of aliphatic hydroxyl groups excluding tert-OH is 2. The zero-order valence-electron chi connectivity index (χ0n) is 16.1. The molecule has 29 heavy (non-hydrogen) atoms. The second-order valence-electron chi connectivity index (χ2n) is 6.51. The van der Waals surface area contributed by atoms with Crippen LogP contribution in [0, 0.1) is 0 Å². The number of aromatic nitrogens is 3. The number of aromatic carboxylic acids is 1. The van der Waals surface area contributed by atoms with Crippen molar-refractivity contribution >= 4 is 27.9 Å². The number of aromatic amines is 1. The number of nitrogens with one attached hydrogen (secondary N) is 2. The summed E-state index contributed by atoms with van der Waals surface area (Å²) in [5.41, 5.74) is 4.00. The first-order valence-corrected chi connectivity index (χ1v) is 9.24. The molecule has 1 aromatic carbocycles. The van der Waals surface area contributed by atoms with Crippen molar-refractivity contribution in [3.05, 3.63) is 54.4 Å². The zero-order valence-corrected chi connectivity index (χ0v) is 16.1. The Hall–Kier alpha value is -3.20. The summed E-state index contributed by atoms with van der Waals surface area (Å²) in [6.07, 6.45) is 3.75. The van der Waals surface area contributed by atoms with Crippen LogP contribution >= 0.6 is 0 Å². The van der Waals surface area contributed by atoms with Crippen LogP contribution in [0.15, 0.2) is 48.8 Å². The van der Waals surface area contributed by atoms with Gasteiger partial charge in [0.2, 0.25) is 0 Å². The van der Waals surface area contributed by atoms with Crippen molar-refractivity contribution in [2.24, 2.45) is 7.05 Å². The molecule has 0 bridgehead atoms. The van der Waals surface area contributed by atoms with Gasteiger partial charge in [-0.1, -0.05) is 0 Å². The third-order valence-electron chi connectivity index (χ3n) is 4.50. The largest absolute Gasteiger partial charge is 0.478 e. The van der Waals surface area contributed by atoms with Gasteiger partial charge in [-0.05, 0) is 36.4 Å². The Bertz CT molecular complexity index is 1080. The standard InChI is InChI=1S/C17H13N3O2.C4H11NO2/c1-20-9-13(12-7-11(17(21)22)4-5-15(12)20)14-8-10-3-2-6-18-16(10)19-14;6-3-1-5-2-4-7/h2-9H,1H3,(H,18,19)(H,21,22);5-7H,1-4H2. The maximum absolute atomic E-state index is 11.2. The van der Waals surface area contributed by atoms with Gasteiger partial charge < -0.3 is 30.2 Å². The van der Waals surface area contributed by atoms with E-state index in [1.54, 1.807) is 18.3 Å². The van der Waals surface area contributed by atoms with Gasteiger partial charge in [-0.3, -0.25) is 0 Å². The van der Waals surface area contributed by atoms with Crippen LogP contribution in [-0.2, 0) is 7.05 Å². The molecule has 0 saturated heterocycles. The van der Waals surface area contributed by atoms with Gasteiger partial charge in [0, 0.05) is 60.1 Å². The molecule has 4 aromatic rings. The van der Waals surface area contributed by atoms with Crippen LogP contribution < -0.4 is 5.32 Å². The van der Waals surface area contributed by atoms with E-state index in [1.807, 2.05) is 42.1 Å². The highest BCUT2D eigenvalue weighted by Crippen LogP contribution is 2.32. The van der Waals surface area contributed by atoms with E-state index in [1.165, 1.54) is 0 Å². The van der Waals surface area contributed by atoms with Crippen LogP contribution in [0.25, 0.3) is 33.2 Å². The number of carbonyl (C=O) groups is 1. The molecule has 0 aliphatic rings. The van der Waals surface area contributed by atoms with Crippen LogP contribution in [0.4, 0.5) is 0 Å². The smallest absolute Gasteiger partial charge is 0.335 e. The number of pyridine rings is 1. The molecular weight excluding hydrogens is 372 g/mol. The summed E-state index contributed by atoms with van der Waals surface area (Å²) in [6, 6.07) is 11.1. The van der Waals surface area contributed by atoms with E-state index in [0.717, 1.165) is 33.2 Å². The molecular formula is C21H24N4O4. The van der Waals surface area contributed by atoms with Crippen LogP contribution in [0.3, 0.4) is 0 Å². The normalized spacial score (nSPS) is 10.9. The van der Waals surface area contributed by atoms with Crippen molar-refractivity contribution in [3.8, 4) is 11.3 Å². The van der Waals surface area contributed by atoms with Crippen LogP contribution in [-0.4, -0.2) is 62.1 Å². The quantitative estimate of drug-likeness (QED) is 0.318. The number of aliphatic hydroxyl groups is 2. The summed E-state index contributed by atoms with van der Waals surface area (Å²) >= 11 is 0. The Balaban J connectivity index is 0.000000298. The van der Waals surface area contributed by atoms with E-state index in [9.17, 15) is 9.90 Å². The Morgan fingerprint density at radius 2 is 1.93 bits per heavy atom. The number of nitrogens with zero attached hydrogens (tertiary/aromatic N) is 2. The van der Waals surface area contributed by atoms with E-state index < -0.39 is 5.97 Å². The first kappa shape index (κ1) is 20.5. The molecule has 0 amide bonds. The number of carboxylic acid groups (broad SMARTS) is 1. The number of benzene rings is 1. The minimum absolute atomic E-state index is 0.139. The van der Waals surface area contributed by atoms with Crippen LogP contribution in [0.2, 0.25) is 0 Å². The minimum atomic E-state index is -0.921. The maximum atomic E-state index is 11.2. The molecule has 5 N–H and O–H groups in total. The average Bonchev–Trinajstić information content (AvgIpc) is 3.29. The highest BCUT2D eigenvalue weighted by Gasteiger charge is 2.13. The summed E-state index contributed by atoms with van der Waals surface area (Å²) in [5, 5.41) is 30.2. The molecule has 0 radical (unpaired) electrons. The van der Waals surface area contributed by atoms with Gasteiger partial charge in [0.1, 0.15) is 5.65 Å². The van der Waals surface area contributed by atoms with Gasteiger partial charge in [-0.25, -0.2) is 9.78 Å². The Kier molecular flexibility index (Phi) is 6.61. The molecule has 0 spiro atoms. The number of hydrogen-bond donors (Lipinski definition) is 5. The van der Waals surface area contributed by atoms with Crippen LogP contribution in [0.5, 0.6) is 0 Å². The van der Waals surface area contributed by atoms with Gasteiger partial charge in [0.25, 0.3) is 0 Å². The molecule has 0 aliphatic heterocycles. The number of aryl methyl sites for hydroxylation is 1. The molecule has 0 fully saturated rings. The van der Waals surface area contributed by atoms with Gasteiger partial charge in [-0.15, -0.1) is 0 Å². The fraction of sp³-hybridized carbons (Fsp3) is 0.238. The number of rotatable bonds is 6. The van der Waals surface area contributed by atoms with Crippen molar-refractivity contribution in [1.29, 1.82) is 0 Å². The van der Waals surface area contributed by atoms with Crippen molar-refractivity contribution in [2.75, 3.05) is 26.3 Å². The van der Waals surface area contributed by atoms with Gasteiger partial charge >= 0.3 is 5.97 Å². The third-order valence-corrected chi connectivity index (χ3v) is 4.50. The molecule has 4 rings (SSSR count). The lowest BCUT2D eigenvalue weighted by Crippen LogP contribution is -2.21. The number of hydrogen-bond acceptors (Lipinski definition) is 5. The van der Waals surface area contributed by atoms with Gasteiger partial charge in [0.05, 0.1) is 18.8 Å². The lowest BCUT2D eigenvalue weighted by atomic mass is 10.1. The highest BCUT2D eigenvalue weighted by molar-refractivity contribution is 6.01. The SMILES string of the molecule is Cn1cc(-c2cc3cccnc3[nH]2)c2cc(C(=O)O)ccc21.OCCNCCO. The minimum Gasteiger partial charge on any atom is -0.478 e. The first-order chi connectivity index (χ1) is 14.0. The molecule has 0 saturated carbocycles. The molecule has 0 atom stereocenters. The Morgan fingerprint density at radius 3 is 2.59 bits per heavy atom. The van der Waals surface area contributed by atoms with E-state index in [4.69, 9.17) is 10.2 Å². The first-order valence-electron chi connectivity index (χ1n) is 9.24. The Morgan fingerprint density at radius 1 is 1.17 bits per heavy atom. The fourth-order valence-electron chi connectivity index (χ4n) is 3.13. The Labute approximate surface area is 167 Å². The topological polar surface area (TPSA) is 123 Å². The summed E-state index contributed by atoms with van der Waals surface area (Å²) < 4.78 is 2.00. The van der Waals surface area contributed by atoms with E-state index in [0.29, 0.717) is 13.1 Å². The van der Waals surface area contributed by atoms with Gasteiger partial charge in [0.15, 0.2) is 0 Å². The summed E-state index contributed by atoms with van der Waals surface area (Å²) in [5.74, 6) is -0.921. The summed E-state index contributed by atoms with van der Waals surface area (Å²) in [6.45, 7) is 1.42. The van der Waals surface area contributed by atoms with E-state index in [2.05, 4.69) is 15.3 Å². The molecule has 0 unspecified atom stereocenters. The van der Waals surface area contributed by atoms with Crippen molar-refractivity contribution < 1.29 is 20.1 Å². The average molecular weight is 396 g/mol. The number of fused-ring (bicyclic) bond motifs is 2. The lowest BCUT2D eigenvalue weighted by molar-refractivity contribution is 0.0697. The van der Waals surface area contributed by atoms with E-state index in [-0.39, 0.29) is 18.8 Å². The second-order valence-corrected chi connectivity index (χ2v) is 6.51. The van der Waals surface area contributed by atoms with Crippen molar-refractivity contribution in [3.63, 3.8) is 0 Å². The summed E-state index contributed by atoms with van der Waals surface area (Å²) in [7, 11) is 1.95. The predicted molar refractivity (Wildman–Crippen MR) is 112 cm³/mol. The summed E-state index contributed by atoms with van der Waals surface area (Å²) in [4.78, 5) is 18.8. The monoisotopic (exact) mass is 396 g/mol. The molecule has 0 aliphatic carbocycles. The number of H-pyrrole nitrogens is 1. The molecule has 152 valence electrons. The zero-order chi connectivity index (χ0) is 20.8. The van der Waals surface area contributed by atoms with Crippen molar-refractivity contribution in [2.45, 2.75) is 0 Å². The maximum Gasteiger partial charge on any atom is 0.335 e. The highest BCUT2D eigenvalue weighted by atomic mass is 16.4.